The quantitative estimate of drug-likeness (QED) is 0.751. The normalized spacial score (nSPS) is 16.5. The predicted octanol–water partition coefficient (Wildman–Crippen LogP) is 3.14. The molecule has 0 radical (unpaired) electrons. The Bertz CT molecular complexity index is 983. The Morgan fingerprint density at radius 3 is 2.63 bits per heavy atom. The van der Waals surface area contributed by atoms with E-state index in [0.717, 1.165) is 0 Å². The van der Waals surface area contributed by atoms with Crippen molar-refractivity contribution in [2.45, 2.75) is 46.2 Å². The molecule has 0 fully saturated rings. The molecule has 1 aliphatic heterocycles. The van der Waals surface area contributed by atoms with Gasteiger partial charge in [0.1, 0.15) is 11.5 Å². The van der Waals surface area contributed by atoms with Crippen LogP contribution in [-0.2, 0) is 11.3 Å². The van der Waals surface area contributed by atoms with Crippen LogP contribution in [0, 0.1) is 11.2 Å². The highest BCUT2D eigenvalue weighted by Gasteiger charge is 2.35. The molecule has 0 saturated carbocycles. The molecule has 1 aliphatic rings. The van der Waals surface area contributed by atoms with Gasteiger partial charge in [-0.2, -0.15) is 5.10 Å². The number of benzene rings is 1. The Balaban J connectivity index is 2.10. The van der Waals surface area contributed by atoms with Crippen LogP contribution in [-0.4, -0.2) is 44.8 Å². The minimum atomic E-state index is -0.695. The molecule has 1 atom stereocenters. The van der Waals surface area contributed by atoms with Crippen LogP contribution >= 0.6 is 11.6 Å². The van der Waals surface area contributed by atoms with Crippen molar-refractivity contribution in [1.29, 1.82) is 0 Å². The number of aliphatic hydroxyl groups excluding tert-OH is 1. The monoisotopic (exact) mass is 436 g/mol. The predicted molar refractivity (Wildman–Crippen MR) is 111 cm³/mol. The largest absolute Gasteiger partial charge is 0.396 e. The maximum Gasteiger partial charge on any atom is 0.252 e. The van der Waals surface area contributed by atoms with E-state index in [9.17, 15) is 19.1 Å². The van der Waals surface area contributed by atoms with Gasteiger partial charge in [0.05, 0.1) is 28.9 Å². The minimum absolute atomic E-state index is 0.0420. The molecular weight excluding hydrogens is 411 g/mol. The molecule has 2 heterocycles. The summed E-state index contributed by atoms with van der Waals surface area (Å²) < 4.78 is 15.3. The van der Waals surface area contributed by atoms with E-state index >= 15 is 0 Å². The van der Waals surface area contributed by atoms with Crippen molar-refractivity contribution in [3.8, 4) is 11.3 Å². The lowest BCUT2D eigenvalue weighted by Gasteiger charge is -2.35. The molecular formula is C21H26ClFN4O3. The molecule has 3 rings (SSSR count). The van der Waals surface area contributed by atoms with E-state index in [2.05, 4.69) is 5.10 Å². The number of nitrogens with two attached hydrogens (primary N) is 1. The molecule has 9 heteroatoms. The molecule has 7 nitrogen and oxygen atoms in total. The zero-order valence-corrected chi connectivity index (χ0v) is 18.0. The highest BCUT2D eigenvalue weighted by atomic mass is 35.5. The third-order valence-corrected chi connectivity index (χ3v) is 5.35. The molecule has 1 aromatic carbocycles. The fourth-order valence-corrected chi connectivity index (χ4v) is 3.90. The number of rotatable bonds is 5. The summed E-state index contributed by atoms with van der Waals surface area (Å²) in [4.78, 5) is 26.9. The number of amides is 2. The van der Waals surface area contributed by atoms with E-state index in [1.165, 1.54) is 18.2 Å². The van der Waals surface area contributed by atoms with Crippen LogP contribution in [0.4, 0.5) is 4.39 Å². The molecule has 2 amide bonds. The molecule has 2 aromatic rings. The van der Waals surface area contributed by atoms with Crippen LogP contribution < -0.4 is 5.73 Å². The van der Waals surface area contributed by atoms with Crippen LogP contribution in [0.25, 0.3) is 11.3 Å². The highest BCUT2D eigenvalue weighted by Crippen LogP contribution is 2.34. The lowest BCUT2D eigenvalue weighted by molar-refractivity contribution is -0.135. The van der Waals surface area contributed by atoms with Gasteiger partial charge in [-0.05, 0) is 30.0 Å². The Kier molecular flexibility index (Phi) is 6.19. The fourth-order valence-electron chi connectivity index (χ4n) is 3.72. The fraction of sp³-hybridized carbons (Fsp3) is 0.476. The van der Waals surface area contributed by atoms with E-state index in [-0.39, 0.29) is 46.8 Å². The molecule has 162 valence electrons. The van der Waals surface area contributed by atoms with Crippen molar-refractivity contribution in [1.82, 2.24) is 14.7 Å². The first-order valence-corrected chi connectivity index (χ1v) is 10.1. The van der Waals surface area contributed by atoms with Crippen molar-refractivity contribution in [3.05, 3.63) is 40.3 Å². The molecule has 3 N–H and O–H groups in total. The van der Waals surface area contributed by atoms with Crippen LogP contribution in [0.3, 0.4) is 0 Å². The molecule has 0 aliphatic carbocycles. The molecule has 0 bridgehead atoms. The van der Waals surface area contributed by atoms with Gasteiger partial charge in [-0.3, -0.25) is 14.3 Å². The summed E-state index contributed by atoms with van der Waals surface area (Å²) in [6, 6.07) is 3.75. The highest BCUT2D eigenvalue weighted by molar-refractivity contribution is 6.31. The first kappa shape index (κ1) is 22.2. The molecule has 30 heavy (non-hydrogen) atoms. The summed E-state index contributed by atoms with van der Waals surface area (Å²) in [6.45, 7) is 6.39. The number of aliphatic hydroxyl groups is 1. The van der Waals surface area contributed by atoms with Crippen LogP contribution in [0.15, 0.2) is 18.2 Å². The van der Waals surface area contributed by atoms with E-state index < -0.39 is 11.7 Å². The van der Waals surface area contributed by atoms with E-state index in [1.807, 2.05) is 20.8 Å². The van der Waals surface area contributed by atoms with Gasteiger partial charge in [-0.25, -0.2) is 4.39 Å². The van der Waals surface area contributed by atoms with Gasteiger partial charge >= 0.3 is 0 Å². The molecule has 0 spiro atoms. The summed E-state index contributed by atoms with van der Waals surface area (Å²) in [5.41, 5.74) is 6.90. The zero-order chi connectivity index (χ0) is 22.2. The SMILES string of the molecule is CC(C)(C)CC(=O)N1Cc2c(C(N)=O)c(-c3ccc(F)c(Cl)c3)nn2C(CCO)C1. The second kappa shape index (κ2) is 8.35. The summed E-state index contributed by atoms with van der Waals surface area (Å²) in [5, 5.41) is 14.0. The molecule has 1 aromatic heterocycles. The summed E-state index contributed by atoms with van der Waals surface area (Å²) in [5.74, 6) is -1.32. The maximum absolute atomic E-state index is 13.6. The van der Waals surface area contributed by atoms with E-state index in [4.69, 9.17) is 17.3 Å². The first-order chi connectivity index (χ1) is 14.0. The van der Waals surface area contributed by atoms with Gasteiger partial charge in [-0.1, -0.05) is 32.4 Å². The van der Waals surface area contributed by atoms with Gasteiger partial charge in [-0.15, -0.1) is 0 Å². The number of hydrogen-bond donors (Lipinski definition) is 2. The lowest BCUT2D eigenvalue weighted by atomic mass is 9.91. The average molecular weight is 437 g/mol. The summed E-state index contributed by atoms with van der Waals surface area (Å²) in [6.07, 6.45) is 0.703. The van der Waals surface area contributed by atoms with Crippen molar-refractivity contribution in [3.63, 3.8) is 0 Å². The van der Waals surface area contributed by atoms with Gasteiger partial charge in [0, 0.05) is 25.1 Å². The molecule has 1 unspecified atom stereocenters. The first-order valence-electron chi connectivity index (χ1n) is 9.77. The van der Waals surface area contributed by atoms with Gasteiger partial charge in [0.2, 0.25) is 5.91 Å². The number of primary amides is 1. The topological polar surface area (TPSA) is 101 Å². The third kappa shape index (κ3) is 4.49. The van der Waals surface area contributed by atoms with Crippen molar-refractivity contribution in [2.75, 3.05) is 13.2 Å². The number of halogens is 2. The number of carbonyl (C=O) groups is 2. The van der Waals surface area contributed by atoms with Crippen LogP contribution in [0.1, 0.15) is 55.7 Å². The number of nitrogens with zero attached hydrogens (tertiary/aromatic N) is 3. The van der Waals surface area contributed by atoms with Gasteiger partial charge in [0.25, 0.3) is 5.91 Å². The standard InChI is InChI=1S/C21H26ClFN4O3/c1-21(2,3)9-17(29)26-10-13(6-7-28)27-16(11-26)18(20(24)30)19(25-27)12-4-5-15(23)14(22)8-12/h4-5,8,13,28H,6-7,9-11H2,1-3H3,(H2,24,30). The number of aromatic nitrogens is 2. The zero-order valence-electron chi connectivity index (χ0n) is 17.3. The molecule has 0 saturated heterocycles. The van der Waals surface area contributed by atoms with Gasteiger partial charge < -0.3 is 15.7 Å². The third-order valence-electron chi connectivity index (χ3n) is 5.06. The van der Waals surface area contributed by atoms with E-state index in [0.29, 0.717) is 30.6 Å². The Morgan fingerprint density at radius 1 is 1.37 bits per heavy atom. The Labute approximate surface area is 179 Å². The van der Waals surface area contributed by atoms with Crippen molar-refractivity contribution < 1.29 is 19.1 Å². The van der Waals surface area contributed by atoms with Crippen molar-refractivity contribution >= 4 is 23.4 Å². The van der Waals surface area contributed by atoms with E-state index in [1.54, 1.807) is 9.58 Å². The Morgan fingerprint density at radius 2 is 2.07 bits per heavy atom. The van der Waals surface area contributed by atoms with Crippen LogP contribution in [0.5, 0.6) is 0 Å². The second-order valence-electron chi connectivity index (χ2n) is 8.79. The van der Waals surface area contributed by atoms with Crippen molar-refractivity contribution in [2.24, 2.45) is 11.1 Å². The Hall–Kier alpha value is -2.45. The minimum Gasteiger partial charge on any atom is -0.396 e. The smallest absolute Gasteiger partial charge is 0.252 e. The summed E-state index contributed by atoms with van der Waals surface area (Å²) >= 11 is 5.92. The second-order valence-corrected chi connectivity index (χ2v) is 9.19. The number of fused-ring (bicyclic) bond motifs is 1. The number of hydrogen-bond acceptors (Lipinski definition) is 4. The average Bonchev–Trinajstić information content (AvgIpc) is 3.02. The van der Waals surface area contributed by atoms with Crippen LogP contribution in [0.2, 0.25) is 5.02 Å². The maximum atomic E-state index is 13.6. The van der Waals surface area contributed by atoms with Gasteiger partial charge in [0.15, 0.2) is 0 Å². The lowest BCUT2D eigenvalue weighted by Crippen LogP contribution is -2.43. The summed E-state index contributed by atoms with van der Waals surface area (Å²) in [7, 11) is 0. The number of carbonyl (C=O) groups excluding carboxylic acids is 2.